The van der Waals surface area contributed by atoms with Crippen LogP contribution in [0.1, 0.15) is 11.3 Å². The highest BCUT2D eigenvalue weighted by Gasteiger charge is 2.33. The molecule has 9 rings (SSSR count). The number of aryl methyl sites for hydroxylation is 1. The van der Waals surface area contributed by atoms with E-state index in [0.29, 0.717) is 15.5 Å². The highest BCUT2D eigenvalue weighted by Crippen LogP contribution is 2.47. The van der Waals surface area contributed by atoms with Crippen molar-refractivity contribution in [1.29, 1.82) is 0 Å². The molecule has 0 saturated carbocycles. The first kappa shape index (κ1) is 25.3. The minimum Gasteiger partial charge on any atom is -0.311 e. The molecule has 2 heterocycles. The third-order valence-electron chi connectivity index (χ3n) is 9.54. The van der Waals surface area contributed by atoms with Gasteiger partial charge in [0.25, 0.3) is 0 Å². The number of nitrogens with zero attached hydrogens (tertiary/aromatic N) is 1. The Balaban J connectivity index is 1.36. The van der Waals surface area contributed by atoms with E-state index in [1.807, 2.05) is 24.3 Å². The molecule has 0 fully saturated rings. The van der Waals surface area contributed by atoms with Crippen LogP contribution in [0.15, 0.2) is 137 Å². The van der Waals surface area contributed by atoms with Crippen molar-refractivity contribution in [1.82, 2.24) is 4.57 Å². The van der Waals surface area contributed by atoms with Gasteiger partial charge in [-0.05, 0) is 98.2 Å². The van der Waals surface area contributed by atoms with Gasteiger partial charge < -0.3 is 4.57 Å². The molecule has 1 aliphatic rings. The molecule has 0 aliphatic carbocycles. The average Bonchev–Trinajstić information content (AvgIpc) is 3.31. The maximum Gasteiger partial charge on any atom is 0.210 e. The van der Waals surface area contributed by atoms with Gasteiger partial charge in [0, 0.05) is 11.1 Å². The van der Waals surface area contributed by atoms with Crippen LogP contribution in [-0.4, -0.2) is 13.0 Å². The van der Waals surface area contributed by atoms with E-state index in [-0.39, 0.29) is 0 Å². The molecule has 1 aromatic heterocycles. The van der Waals surface area contributed by atoms with E-state index in [1.54, 1.807) is 6.07 Å². The van der Waals surface area contributed by atoms with Crippen LogP contribution in [0.4, 0.5) is 0 Å². The molecular formula is C40H27NO2S. The third kappa shape index (κ3) is 3.29. The lowest BCUT2D eigenvalue weighted by Gasteiger charge is -2.23. The molecule has 4 heteroatoms. The van der Waals surface area contributed by atoms with Gasteiger partial charge in [0.1, 0.15) is 0 Å². The van der Waals surface area contributed by atoms with Crippen LogP contribution in [0, 0.1) is 13.8 Å². The zero-order valence-corrected chi connectivity index (χ0v) is 25.1. The van der Waals surface area contributed by atoms with Crippen molar-refractivity contribution in [3.63, 3.8) is 0 Å². The van der Waals surface area contributed by atoms with Gasteiger partial charge >= 0.3 is 0 Å². The SMILES string of the molecule is Cc1c(C)n2c3c(cccc13)S(=O)(=O)c1cc(-c3c4ccccc4c(-c4ccc5ccccc5c4)c4ccccc34)ccc1-2. The Bertz CT molecular complexity index is 2590. The monoisotopic (exact) mass is 585 g/mol. The molecule has 210 valence electrons. The van der Waals surface area contributed by atoms with Crippen LogP contribution in [0.3, 0.4) is 0 Å². The predicted octanol–water partition coefficient (Wildman–Crippen LogP) is 10.2. The van der Waals surface area contributed by atoms with Crippen molar-refractivity contribution in [2.75, 3.05) is 0 Å². The molecule has 0 N–H and O–H groups in total. The Morgan fingerprint density at radius 2 is 1.05 bits per heavy atom. The summed E-state index contributed by atoms with van der Waals surface area (Å²) in [6.07, 6.45) is 0. The van der Waals surface area contributed by atoms with Crippen LogP contribution >= 0.6 is 0 Å². The first-order valence-electron chi connectivity index (χ1n) is 14.9. The van der Waals surface area contributed by atoms with Gasteiger partial charge in [-0.1, -0.05) is 103 Å². The number of hydrogen-bond donors (Lipinski definition) is 0. The number of benzene rings is 7. The highest BCUT2D eigenvalue weighted by atomic mass is 32.2. The molecule has 0 atom stereocenters. The zero-order chi connectivity index (χ0) is 29.7. The van der Waals surface area contributed by atoms with Gasteiger partial charge in [-0.15, -0.1) is 0 Å². The summed E-state index contributed by atoms with van der Waals surface area (Å²) in [6.45, 7) is 4.14. The molecule has 7 aromatic carbocycles. The fourth-order valence-electron chi connectivity index (χ4n) is 7.39. The normalized spacial score (nSPS) is 13.6. The number of sulfone groups is 1. The largest absolute Gasteiger partial charge is 0.311 e. The van der Waals surface area contributed by atoms with Crippen molar-refractivity contribution in [2.24, 2.45) is 0 Å². The summed E-state index contributed by atoms with van der Waals surface area (Å²) >= 11 is 0. The molecule has 0 saturated heterocycles. The Morgan fingerprint density at radius 3 is 1.70 bits per heavy atom. The van der Waals surface area contributed by atoms with Gasteiger partial charge in [-0.2, -0.15) is 0 Å². The summed E-state index contributed by atoms with van der Waals surface area (Å²) in [5, 5.41) is 7.87. The Labute approximate surface area is 255 Å². The second-order valence-electron chi connectivity index (χ2n) is 11.8. The maximum absolute atomic E-state index is 14.2. The van der Waals surface area contributed by atoms with Crippen LogP contribution in [0.25, 0.3) is 71.2 Å². The van der Waals surface area contributed by atoms with Crippen LogP contribution < -0.4 is 0 Å². The molecule has 3 nitrogen and oxygen atoms in total. The lowest BCUT2D eigenvalue weighted by atomic mass is 9.85. The van der Waals surface area contributed by atoms with Crippen molar-refractivity contribution in [2.45, 2.75) is 23.6 Å². The standard InChI is InChI=1S/C40H27NO2S/c1-24-25(2)41-35-21-20-29(23-37(35)44(42,43)36-17-9-16-30(24)40(36)41)39-33-14-7-5-12-31(33)38(32-13-6-8-15-34(32)39)28-19-18-26-10-3-4-11-27(26)22-28/h3-23H,1-2H3. The Kier molecular flexibility index (Phi) is 5.13. The lowest BCUT2D eigenvalue weighted by molar-refractivity contribution is 0.594. The third-order valence-corrected chi connectivity index (χ3v) is 11.4. The van der Waals surface area contributed by atoms with Crippen molar-refractivity contribution < 1.29 is 8.42 Å². The number of aromatic nitrogens is 1. The van der Waals surface area contributed by atoms with Gasteiger partial charge in [-0.3, -0.25) is 0 Å². The van der Waals surface area contributed by atoms with E-state index in [2.05, 4.69) is 115 Å². The predicted molar refractivity (Wildman–Crippen MR) is 182 cm³/mol. The summed E-state index contributed by atoms with van der Waals surface area (Å²) < 4.78 is 30.6. The number of fused-ring (bicyclic) bond motifs is 5. The minimum atomic E-state index is -3.74. The summed E-state index contributed by atoms with van der Waals surface area (Å²) in [5.41, 5.74) is 7.94. The fraction of sp³-hybridized carbons (Fsp3) is 0.0500. The van der Waals surface area contributed by atoms with Gasteiger partial charge in [0.15, 0.2) is 0 Å². The maximum atomic E-state index is 14.2. The van der Waals surface area contributed by atoms with Crippen LogP contribution in [-0.2, 0) is 9.84 Å². The first-order valence-corrected chi connectivity index (χ1v) is 16.3. The van der Waals surface area contributed by atoms with Crippen molar-refractivity contribution in [3.8, 4) is 27.9 Å². The Morgan fingerprint density at radius 1 is 0.500 bits per heavy atom. The smallest absolute Gasteiger partial charge is 0.210 e. The summed E-state index contributed by atoms with van der Waals surface area (Å²) in [5.74, 6) is 0. The summed E-state index contributed by atoms with van der Waals surface area (Å²) in [6, 6.07) is 43.7. The van der Waals surface area contributed by atoms with E-state index in [4.69, 9.17) is 0 Å². The number of hydrogen-bond acceptors (Lipinski definition) is 2. The highest BCUT2D eigenvalue weighted by molar-refractivity contribution is 7.92. The van der Waals surface area contributed by atoms with E-state index in [0.717, 1.165) is 60.4 Å². The van der Waals surface area contributed by atoms with Crippen molar-refractivity contribution >= 4 is 53.1 Å². The molecule has 0 radical (unpaired) electrons. The Hall–Kier alpha value is -5.19. The lowest BCUT2D eigenvalue weighted by Crippen LogP contribution is -2.15. The molecule has 0 spiro atoms. The molecule has 44 heavy (non-hydrogen) atoms. The number of para-hydroxylation sites is 1. The topological polar surface area (TPSA) is 39.1 Å². The van der Waals surface area contributed by atoms with Crippen molar-refractivity contribution in [3.05, 3.63) is 139 Å². The van der Waals surface area contributed by atoms with Crippen LogP contribution in [0.5, 0.6) is 0 Å². The molecule has 0 amide bonds. The molecule has 0 bridgehead atoms. The summed E-state index contributed by atoms with van der Waals surface area (Å²) in [7, 11) is -3.74. The van der Waals surface area contributed by atoms with E-state index in [9.17, 15) is 8.42 Å². The quantitative estimate of drug-likeness (QED) is 0.189. The van der Waals surface area contributed by atoms with Crippen LogP contribution in [0.2, 0.25) is 0 Å². The zero-order valence-electron chi connectivity index (χ0n) is 24.3. The van der Waals surface area contributed by atoms with E-state index >= 15 is 0 Å². The molecule has 8 aromatic rings. The molecular weight excluding hydrogens is 559 g/mol. The van der Waals surface area contributed by atoms with E-state index in [1.165, 1.54) is 16.3 Å². The van der Waals surface area contributed by atoms with E-state index < -0.39 is 9.84 Å². The average molecular weight is 586 g/mol. The van der Waals surface area contributed by atoms with Gasteiger partial charge in [0.2, 0.25) is 9.84 Å². The summed E-state index contributed by atoms with van der Waals surface area (Å²) in [4.78, 5) is 0.720. The second kappa shape index (κ2) is 8.91. The first-order chi connectivity index (χ1) is 21.4. The number of rotatable bonds is 2. The van der Waals surface area contributed by atoms with Gasteiger partial charge in [0.05, 0.1) is 21.0 Å². The second-order valence-corrected chi connectivity index (χ2v) is 13.7. The molecule has 0 unspecified atom stereocenters. The van der Waals surface area contributed by atoms with Gasteiger partial charge in [-0.25, -0.2) is 8.42 Å². The molecule has 1 aliphatic heterocycles. The fourth-order valence-corrected chi connectivity index (χ4v) is 9.05. The minimum absolute atomic E-state index is 0.348.